The predicted octanol–water partition coefficient (Wildman–Crippen LogP) is 2.16. The Kier molecular flexibility index (Phi) is 9.37. The molecule has 0 aliphatic carbocycles. The van der Waals surface area contributed by atoms with E-state index in [0.717, 1.165) is 18.5 Å². The van der Waals surface area contributed by atoms with Crippen molar-refractivity contribution in [2.24, 2.45) is 0 Å². The van der Waals surface area contributed by atoms with Crippen LogP contribution in [-0.4, -0.2) is 67.3 Å². The fourth-order valence-corrected chi connectivity index (χ4v) is 35.9. The first-order chi connectivity index (χ1) is 11.1. The molecule has 0 saturated carbocycles. The van der Waals surface area contributed by atoms with E-state index in [1.807, 2.05) is 34.6 Å². The molecule has 0 aromatic rings. The minimum atomic E-state index is -2.96. The molecule has 0 aromatic carbocycles. The Hall–Kier alpha value is 0.628. The molecule has 23 heavy (non-hydrogen) atoms. The van der Waals surface area contributed by atoms with Crippen molar-refractivity contribution in [1.29, 1.82) is 0 Å². The van der Waals surface area contributed by atoms with Crippen LogP contribution in [-0.2, 0) is 26.2 Å². The van der Waals surface area contributed by atoms with Crippen molar-refractivity contribution in [3.63, 3.8) is 0 Å². The summed E-state index contributed by atoms with van der Waals surface area (Å²) in [5.41, 5.74) is 0. The van der Waals surface area contributed by atoms with Gasteiger partial charge in [0.2, 0.25) is 10.5 Å². The molecule has 3 radical (unpaired) electrons. The first kappa shape index (κ1) is 21.7. The summed E-state index contributed by atoms with van der Waals surface area (Å²) in [6.45, 7) is 12.8. The third-order valence-corrected chi connectivity index (χ3v) is 31.3. The fourth-order valence-electron chi connectivity index (χ4n) is 3.45. The summed E-state index contributed by atoms with van der Waals surface area (Å²) in [4.78, 5) is 0. The molecule has 1 saturated heterocycles. The summed E-state index contributed by atoms with van der Waals surface area (Å²) in [5.74, 6) is 0. The van der Waals surface area contributed by atoms with Gasteiger partial charge in [-0.2, -0.15) is 0 Å². The zero-order chi connectivity index (χ0) is 17.4. The lowest BCUT2D eigenvalue weighted by atomic mass is 10.6. The zero-order valence-corrected chi connectivity index (χ0v) is 19.1. The Morgan fingerprint density at radius 1 is 0.652 bits per heavy atom. The Morgan fingerprint density at radius 2 is 1.04 bits per heavy atom. The highest BCUT2D eigenvalue weighted by atomic mass is 29.7. The standard InChI is InChI=1S/C13H31O6Si4/c1-6-14-21(15-7-2)12-11-13-22(19-20,16-8-3)23(21,17-9-4)18-10-5/h6-13H2,1-5H3. The lowest BCUT2D eigenvalue weighted by Gasteiger charge is -2.53. The van der Waals surface area contributed by atoms with Crippen molar-refractivity contribution in [3.05, 3.63) is 0 Å². The molecule has 10 heteroatoms. The van der Waals surface area contributed by atoms with Crippen molar-refractivity contribution in [2.75, 3.05) is 33.0 Å². The van der Waals surface area contributed by atoms with Crippen molar-refractivity contribution < 1.29 is 26.2 Å². The van der Waals surface area contributed by atoms with Crippen LogP contribution in [0.5, 0.6) is 0 Å². The van der Waals surface area contributed by atoms with Crippen LogP contribution < -0.4 is 0 Å². The van der Waals surface area contributed by atoms with Crippen LogP contribution in [0.4, 0.5) is 0 Å². The Bertz CT molecular complexity index is 327. The second-order valence-corrected chi connectivity index (χ2v) is 22.8. The molecule has 1 aliphatic heterocycles. The molecule has 0 aromatic heterocycles. The molecule has 6 nitrogen and oxygen atoms in total. The first-order valence-electron chi connectivity index (χ1n) is 8.61. The van der Waals surface area contributed by atoms with Gasteiger partial charge in [0.05, 0.1) is 0 Å². The molecule has 1 fully saturated rings. The number of rotatable bonds is 11. The van der Waals surface area contributed by atoms with Gasteiger partial charge in [0.25, 0.3) is 0 Å². The van der Waals surface area contributed by atoms with Crippen molar-refractivity contribution >= 4 is 34.2 Å². The van der Waals surface area contributed by atoms with Crippen LogP contribution in [0.3, 0.4) is 0 Å². The number of hydrogen-bond donors (Lipinski definition) is 0. The van der Waals surface area contributed by atoms with Gasteiger partial charge in [-0.1, -0.05) is 0 Å². The maximum Gasteiger partial charge on any atom is 0.429 e. The lowest BCUT2D eigenvalue weighted by molar-refractivity contribution is 0.136. The van der Waals surface area contributed by atoms with Gasteiger partial charge < -0.3 is 26.2 Å². The summed E-state index contributed by atoms with van der Waals surface area (Å²) >= 11 is 0. The normalized spacial score (nSPS) is 26.3. The third kappa shape index (κ3) is 3.91. The van der Waals surface area contributed by atoms with Crippen LogP contribution in [0.1, 0.15) is 41.0 Å². The van der Waals surface area contributed by atoms with E-state index in [9.17, 15) is 0 Å². The summed E-state index contributed by atoms with van der Waals surface area (Å²) in [7, 11) is -5.14. The Balaban J connectivity index is 3.50. The quantitative estimate of drug-likeness (QED) is 0.500. The van der Waals surface area contributed by atoms with Crippen LogP contribution in [0, 0.1) is 0 Å². The van der Waals surface area contributed by atoms with E-state index < -0.39 is 23.8 Å². The van der Waals surface area contributed by atoms with Gasteiger partial charge in [-0.15, -0.1) is 0 Å². The van der Waals surface area contributed by atoms with E-state index in [4.69, 9.17) is 26.2 Å². The summed E-state index contributed by atoms with van der Waals surface area (Å²) < 4.78 is 37.6. The van der Waals surface area contributed by atoms with Crippen molar-refractivity contribution in [1.82, 2.24) is 0 Å². The van der Waals surface area contributed by atoms with Gasteiger partial charge in [-0.3, -0.25) is 0 Å². The van der Waals surface area contributed by atoms with Gasteiger partial charge in [0.1, 0.15) is 0 Å². The minimum absolute atomic E-state index is 0.540. The summed E-state index contributed by atoms with van der Waals surface area (Å²) in [6, 6.07) is 1.71. The molecule has 1 heterocycles. The third-order valence-electron chi connectivity index (χ3n) is 4.01. The molecule has 135 valence electrons. The molecule has 0 amide bonds. The van der Waals surface area contributed by atoms with E-state index in [2.05, 4.69) is 10.5 Å². The molecule has 1 rings (SSSR count). The van der Waals surface area contributed by atoms with Crippen molar-refractivity contribution in [3.8, 4) is 0 Å². The monoisotopic (exact) mass is 395 g/mol. The average molecular weight is 396 g/mol. The Labute approximate surface area is 147 Å². The maximum atomic E-state index is 6.40. The highest BCUT2D eigenvalue weighted by molar-refractivity contribution is 7.61. The molecule has 1 unspecified atom stereocenters. The van der Waals surface area contributed by atoms with Crippen LogP contribution in [0.2, 0.25) is 12.1 Å². The van der Waals surface area contributed by atoms with Crippen LogP contribution in [0.15, 0.2) is 0 Å². The Morgan fingerprint density at radius 3 is 1.43 bits per heavy atom. The van der Waals surface area contributed by atoms with Crippen LogP contribution >= 0.6 is 0 Å². The smallest absolute Gasteiger partial charge is 0.429 e. The van der Waals surface area contributed by atoms with Crippen LogP contribution in [0.25, 0.3) is 0 Å². The van der Waals surface area contributed by atoms with Crippen molar-refractivity contribution in [2.45, 2.75) is 53.1 Å². The minimum Gasteiger partial charge on any atom is -0.436 e. The predicted molar refractivity (Wildman–Crippen MR) is 96.5 cm³/mol. The highest BCUT2D eigenvalue weighted by Crippen LogP contribution is 2.44. The largest absolute Gasteiger partial charge is 0.436 e. The highest BCUT2D eigenvalue weighted by Gasteiger charge is 2.80. The SMILES string of the molecule is CCO[Si]1(O[Si])CCC[Si](OCC)(OCC)[Si]1(OCC)OCC. The molecule has 0 spiro atoms. The van der Waals surface area contributed by atoms with Gasteiger partial charge in [0, 0.05) is 33.0 Å². The molecule has 1 atom stereocenters. The molecular weight excluding hydrogens is 364 g/mol. The summed E-state index contributed by atoms with van der Waals surface area (Å²) in [6.07, 6.45) is 0.956. The average Bonchev–Trinajstić information content (AvgIpc) is 2.53. The number of hydrogen-bond acceptors (Lipinski definition) is 6. The van der Waals surface area contributed by atoms with Gasteiger partial charge in [-0.05, 0) is 53.1 Å². The van der Waals surface area contributed by atoms with Gasteiger partial charge in [0.15, 0.2) is 0 Å². The molecule has 0 bridgehead atoms. The van der Waals surface area contributed by atoms with E-state index in [1.165, 1.54) is 0 Å². The van der Waals surface area contributed by atoms with E-state index >= 15 is 0 Å². The first-order valence-corrected chi connectivity index (χ1v) is 16.9. The second-order valence-electron chi connectivity index (χ2n) is 5.24. The maximum absolute atomic E-state index is 6.40. The lowest BCUT2D eigenvalue weighted by Crippen LogP contribution is -2.86. The fraction of sp³-hybridized carbons (Fsp3) is 1.00. The molecular formula is C13H31O6Si4. The van der Waals surface area contributed by atoms with Gasteiger partial charge in [-0.25, -0.2) is 0 Å². The topological polar surface area (TPSA) is 55.4 Å². The second kappa shape index (κ2) is 9.94. The van der Waals surface area contributed by atoms with Gasteiger partial charge >= 0.3 is 23.8 Å². The molecule has 0 N–H and O–H groups in total. The van der Waals surface area contributed by atoms with E-state index in [1.54, 1.807) is 0 Å². The summed E-state index contributed by atoms with van der Waals surface area (Å²) in [5, 5.41) is 0. The zero-order valence-electron chi connectivity index (χ0n) is 15.1. The molecule has 1 aliphatic rings. The van der Waals surface area contributed by atoms with E-state index in [-0.39, 0.29) is 0 Å². The van der Waals surface area contributed by atoms with E-state index in [0.29, 0.717) is 33.0 Å².